The Kier molecular flexibility index (Phi) is 8.79. The van der Waals surface area contributed by atoms with Crippen molar-refractivity contribution in [1.29, 1.82) is 0 Å². The highest BCUT2D eigenvalue weighted by molar-refractivity contribution is 5.78. The SMILES string of the molecule is CCCC1C(CCC)C(CCC)C(C(=O)[O-])C(C(=O)[O-])C1CCC. The van der Waals surface area contributed by atoms with Crippen LogP contribution >= 0.6 is 0 Å². The molecular formula is C20H34O4-2. The summed E-state index contributed by atoms with van der Waals surface area (Å²) in [6.45, 7) is 8.33. The van der Waals surface area contributed by atoms with Crippen LogP contribution in [0.4, 0.5) is 0 Å². The van der Waals surface area contributed by atoms with Crippen LogP contribution in [0.5, 0.6) is 0 Å². The zero-order valence-electron chi connectivity index (χ0n) is 15.8. The number of carboxylic acid groups (broad SMARTS) is 2. The van der Waals surface area contributed by atoms with Gasteiger partial charge >= 0.3 is 0 Å². The van der Waals surface area contributed by atoms with E-state index in [2.05, 4.69) is 13.8 Å². The Balaban J connectivity index is 3.39. The number of aliphatic carboxylic acids is 2. The van der Waals surface area contributed by atoms with Crippen LogP contribution in [-0.4, -0.2) is 11.9 Å². The average Bonchev–Trinajstić information content (AvgIpc) is 2.51. The maximum absolute atomic E-state index is 11.9. The van der Waals surface area contributed by atoms with E-state index in [9.17, 15) is 19.8 Å². The summed E-state index contributed by atoms with van der Waals surface area (Å²) in [7, 11) is 0. The highest BCUT2D eigenvalue weighted by Gasteiger charge is 2.49. The lowest BCUT2D eigenvalue weighted by atomic mass is 9.53. The largest absolute Gasteiger partial charge is 0.550 e. The first-order valence-corrected chi connectivity index (χ1v) is 9.86. The first-order chi connectivity index (χ1) is 11.4. The summed E-state index contributed by atoms with van der Waals surface area (Å²) in [4.78, 5) is 23.8. The monoisotopic (exact) mass is 338 g/mol. The number of rotatable bonds is 10. The first-order valence-electron chi connectivity index (χ1n) is 9.86. The molecule has 6 atom stereocenters. The Morgan fingerprint density at radius 1 is 0.583 bits per heavy atom. The molecule has 0 amide bonds. The van der Waals surface area contributed by atoms with Crippen molar-refractivity contribution in [2.75, 3.05) is 0 Å². The van der Waals surface area contributed by atoms with E-state index in [1.807, 2.05) is 13.8 Å². The topological polar surface area (TPSA) is 80.3 Å². The Morgan fingerprint density at radius 3 is 1.04 bits per heavy atom. The Morgan fingerprint density at radius 2 is 0.833 bits per heavy atom. The number of carbonyl (C=O) groups excluding carboxylic acids is 2. The highest BCUT2D eigenvalue weighted by Crippen LogP contribution is 2.52. The Labute approximate surface area is 147 Å². The van der Waals surface area contributed by atoms with Gasteiger partial charge in [-0.2, -0.15) is 0 Å². The van der Waals surface area contributed by atoms with E-state index >= 15 is 0 Å². The Hall–Kier alpha value is -1.06. The highest BCUT2D eigenvalue weighted by atomic mass is 16.4. The van der Waals surface area contributed by atoms with E-state index in [-0.39, 0.29) is 23.7 Å². The van der Waals surface area contributed by atoms with Crippen LogP contribution in [0.15, 0.2) is 0 Å². The maximum Gasteiger partial charge on any atom is 0.0454 e. The fraction of sp³-hybridized carbons (Fsp3) is 0.900. The number of hydrogen-bond donors (Lipinski definition) is 0. The molecule has 0 aliphatic heterocycles. The van der Waals surface area contributed by atoms with Gasteiger partial charge in [0.2, 0.25) is 0 Å². The molecule has 0 aromatic carbocycles. The summed E-state index contributed by atoms with van der Waals surface area (Å²) in [6, 6.07) is 0. The van der Waals surface area contributed by atoms with Crippen molar-refractivity contribution < 1.29 is 19.8 Å². The molecule has 0 N–H and O–H groups in total. The standard InChI is InChI=1S/C20H36O4/c1-5-9-13-14(10-6-2)16(12-8-4)18(20(23)24)17(19(21)22)15(13)11-7-3/h13-18H,5-12H2,1-4H3,(H,21,22)(H,23,24)/p-2. The second kappa shape index (κ2) is 10.0. The lowest BCUT2D eigenvalue weighted by Crippen LogP contribution is -2.57. The van der Waals surface area contributed by atoms with Gasteiger partial charge < -0.3 is 19.8 Å². The van der Waals surface area contributed by atoms with Crippen molar-refractivity contribution in [1.82, 2.24) is 0 Å². The van der Waals surface area contributed by atoms with Gasteiger partial charge in [-0.05, 0) is 36.5 Å². The minimum Gasteiger partial charge on any atom is -0.550 e. The Bertz CT molecular complexity index is 368. The van der Waals surface area contributed by atoms with Gasteiger partial charge in [-0.15, -0.1) is 0 Å². The molecule has 1 saturated carbocycles. The molecule has 1 fully saturated rings. The number of hydrogen-bond acceptors (Lipinski definition) is 4. The zero-order chi connectivity index (χ0) is 18.3. The molecule has 1 rings (SSSR count). The zero-order valence-corrected chi connectivity index (χ0v) is 15.8. The van der Waals surface area contributed by atoms with Gasteiger partial charge in [0.05, 0.1) is 0 Å². The number of carbonyl (C=O) groups is 2. The van der Waals surface area contributed by atoms with E-state index in [4.69, 9.17) is 0 Å². The molecular weight excluding hydrogens is 304 g/mol. The van der Waals surface area contributed by atoms with Gasteiger partial charge in [-0.3, -0.25) is 0 Å². The van der Waals surface area contributed by atoms with Crippen LogP contribution in [0.1, 0.15) is 79.1 Å². The third kappa shape index (κ3) is 4.52. The maximum atomic E-state index is 11.9. The predicted octanol–water partition coefficient (Wildman–Crippen LogP) is 2.40. The van der Waals surface area contributed by atoms with E-state index in [1.54, 1.807) is 0 Å². The summed E-state index contributed by atoms with van der Waals surface area (Å²) in [5.41, 5.74) is 0. The van der Waals surface area contributed by atoms with Crippen LogP contribution in [0.3, 0.4) is 0 Å². The molecule has 0 bridgehead atoms. The van der Waals surface area contributed by atoms with E-state index in [1.165, 1.54) is 0 Å². The molecule has 0 saturated heterocycles. The van der Waals surface area contributed by atoms with Gasteiger partial charge in [-0.25, -0.2) is 0 Å². The van der Waals surface area contributed by atoms with Crippen molar-refractivity contribution >= 4 is 11.9 Å². The quantitative estimate of drug-likeness (QED) is 0.612. The van der Waals surface area contributed by atoms with Crippen molar-refractivity contribution in [3.63, 3.8) is 0 Å². The molecule has 0 spiro atoms. The van der Waals surface area contributed by atoms with Crippen LogP contribution in [0.2, 0.25) is 0 Å². The molecule has 4 nitrogen and oxygen atoms in total. The van der Waals surface area contributed by atoms with Gasteiger partial charge in [-0.1, -0.05) is 66.2 Å². The van der Waals surface area contributed by atoms with Gasteiger partial charge in [0, 0.05) is 23.8 Å². The minimum atomic E-state index is -1.19. The lowest BCUT2D eigenvalue weighted by molar-refractivity contribution is -0.335. The average molecular weight is 338 g/mol. The van der Waals surface area contributed by atoms with E-state index in [0.717, 1.165) is 51.4 Å². The molecule has 0 aromatic rings. The predicted molar refractivity (Wildman–Crippen MR) is 90.6 cm³/mol. The van der Waals surface area contributed by atoms with Crippen molar-refractivity contribution in [2.24, 2.45) is 35.5 Å². The molecule has 6 unspecified atom stereocenters. The molecule has 0 heterocycles. The minimum absolute atomic E-state index is 0.104. The van der Waals surface area contributed by atoms with E-state index < -0.39 is 23.8 Å². The van der Waals surface area contributed by atoms with Gasteiger partial charge in [0.25, 0.3) is 0 Å². The molecule has 1 aliphatic rings. The van der Waals surface area contributed by atoms with Crippen LogP contribution in [-0.2, 0) is 9.59 Å². The lowest BCUT2D eigenvalue weighted by Gasteiger charge is -2.53. The fourth-order valence-corrected chi connectivity index (χ4v) is 5.32. The van der Waals surface area contributed by atoms with Crippen molar-refractivity contribution in [3.05, 3.63) is 0 Å². The smallest absolute Gasteiger partial charge is 0.0454 e. The molecule has 4 heteroatoms. The summed E-state index contributed by atoms with van der Waals surface area (Å²) in [6.07, 6.45) is 7.19. The second-order valence-electron chi connectivity index (χ2n) is 7.50. The molecule has 1 aliphatic carbocycles. The molecule has 24 heavy (non-hydrogen) atoms. The molecule has 140 valence electrons. The summed E-state index contributed by atoms with van der Waals surface area (Å²) in [5, 5.41) is 23.8. The van der Waals surface area contributed by atoms with Crippen LogP contribution < -0.4 is 10.2 Å². The van der Waals surface area contributed by atoms with Gasteiger partial charge in [0.1, 0.15) is 0 Å². The normalized spacial score (nSPS) is 33.3. The second-order valence-corrected chi connectivity index (χ2v) is 7.50. The summed E-state index contributed by atoms with van der Waals surface area (Å²) in [5.74, 6) is -3.85. The summed E-state index contributed by atoms with van der Waals surface area (Å²) < 4.78 is 0. The third-order valence-corrected chi connectivity index (χ3v) is 5.99. The molecule has 0 radical (unpaired) electrons. The van der Waals surface area contributed by atoms with Crippen LogP contribution in [0.25, 0.3) is 0 Å². The summed E-state index contributed by atoms with van der Waals surface area (Å²) >= 11 is 0. The van der Waals surface area contributed by atoms with Crippen molar-refractivity contribution in [2.45, 2.75) is 79.1 Å². The van der Waals surface area contributed by atoms with E-state index in [0.29, 0.717) is 0 Å². The third-order valence-electron chi connectivity index (χ3n) is 5.99. The van der Waals surface area contributed by atoms with Crippen LogP contribution in [0, 0.1) is 35.5 Å². The molecule has 0 aromatic heterocycles. The first kappa shape index (κ1) is 21.0. The number of carboxylic acids is 2. The van der Waals surface area contributed by atoms with Crippen molar-refractivity contribution in [3.8, 4) is 0 Å². The fourth-order valence-electron chi connectivity index (χ4n) is 5.32. The van der Waals surface area contributed by atoms with Gasteiger partial charge in [0.15, 0.2) is 0 Å².